The molecule has 0 unspecified atom stereocenters. The summed E-state index contributed by atoms with van der Waals surface area (Å²) in [6, 6.07) is 16.8. The SMILES string of the molecule is Nc1nc(Nc2ccc(S(N)(=O)=O)cc2)nn1C(=O)c1sccc1-n1cccc1.O=C(O)c1sccc1-n1cccc1. The van der Waals surface area contributed by atoms with E-state index in [-0.39, 0.29) is 16.8 Å². The molecule has 42 heavy (non-hydrogen) atoms. The maximum Gasteiger partial charge on any atom is 0.348 e. The normalized spacial score (nSPS) is 11.1. The van der Waals surface area contributed by atoms with Crippen molar-refractivity contribution in [3.05, 3.63) is 106 Å². The van der Waals surface area contributed by atoms with E-state index in [1.54, 1.807) is 16.0 Å². The lowest BCUT2D eigenvalue weighted by atomic mass is 10.3. The fourth-order valence-electron chi connectivity index (χ4n) is 3.80. The fourth-order valence-corrected chi connectivity index (χ4v) is 5.86. The van der Waals surface area contributed by atoms with Crippen molar-refractivity contribution in [3.63, 3.8) is 0 Å². The number of nitrogens with zero attached hydrogens (tertiary/aromatic N) is 5. The van der Waals surface area contributed by atoms with Crippen LogP contribution in [0.25, 0.3) is 11.4 Å². The number of carboxylic acid groups (broad SMARTS) is 1. The van der Waals surface area contributed by atoms with E-state index in [9.17, 15) is 18.0 Å². The number of nitrogens with two attached hydrogens (primary N) is 2. The van der Waals surface area contributed by atoms with Gasteiger partial charge in [-0.1, -0.05) is 0 Å². The molecule has 6 N–H and O–H groups in total. The Morgan fingerprint density at radius 3 is 1.88 bits per heavy atom. The van der Waals surface area contributed by atoms with Crippen molar-refractivity contribution >= 4 is 62.2 Å². The molecule has 5 heterocycles. The van der Waals surface area contributed by atoms with Crippen LogP contribution in [0.2, 0.25) is 0 Å². The first-order valence-electron chi connectivity index (χ1n) is 11.9. The fraction of sp³-hybridized carbons (Fsp3) is 0. The van der Waals surface area contributed by atoms with Gasteiger partial charge < -0.3 is 25.3 Å². The first-order chi connectivity index (χ1) is 20.1. The molecule has 0 spiro atoms. The predicted molar refractivity (Wildman–Crippen MR) is 160 cm³/mol. The molecule has 214 valence electrons. The molecule has 0 aliphatic rings. The van der Waals surface area contributed by atoms with Crippen molar-refractivity contribution in [2.45, 2.75) is 4.90 Å². The molecule has 0 bridgehead atoms. The highest BCUT2D eigenvalue weighted by Crippen LogP contribution is 2.24. The van der Waals surface area contributed by atoms with Crippen molar-refractivity contribution in [1.29, 1.82) is 0 Å². The van der Waals surface area contributed by atoms with E-state index < -0.39 is 21.9 Å². The number of sulfonamides is 1. The Morgan fingerprint density at radius 2 is 1.36 bits per heavy atom. The number of anilines is 3. The van der Waals surface area contributed by atoms with Crippen molar-refractivity contribution in [2.24, 2.45) is 5.14 Å². The van der Waals surface area contributed by atoms with Gasteiger partial charge in [-0.3, -0.25) is 4.79 Å². The average molecular weight is 623 g/mol. The number of benzene rings is 1. The molecule has 0 amide bonds. The van der Waals surface area contributed by atoms with Crippen LogP contribution >= 0.6 is 22.7 Å². The van der Waals surface area contributed by atoms with Crippen LogP contribution in [0.4, 0.5) is 17.6 Å². The minimum Gasteiger partial charge on any atom is -0.477 e. The Kier molecular flexibility index (Phi) is 8.03. The number of nitrogens with one attached hydrogen (secondary N) is 1. The second-order valence-electron chi connectivity index (χ2n) is 8.46. The summed E-state index contributed by atoms with van der Waals surface area (Å²) in [5.74, 6) is -1.27. The van der Waals surface area contributed by atoms with Crippen LogP contribution in [-0.2, 0) is 10.0 Å². The molecule has 16 heteroatoms. The Balaban J connectivity index is 0.000000226. The summed E-state index contributed by atoms with van der Waals surface area (Å²) in [4.78, 5) is 28.6. The van der Waals surface area contributed by atoms with Crippen LogP contribution in [0, 0.1) is 0 Å². The third-order valence-corrected chi connectivity index (χ3v) is 8.42. The summed E-state index contributed by atoms with van der Waals surface area (Å²) in [6.45, 7) is 0. The monoisotopic (exact) mass is 622 g/mol. The molecule has 1 aromatic carbocycles. The lowest BCUT2D eigenvalue weighted by molar-refractivity contribution is 0.0702. The van der Waals surface area contributed by atoms with Gasteiger partial charge in [-0.15, -0.1) is 27.8 Å². The van der Waals surface area contributed by atoms with Crippen LogP contribution in [0.1, 0.15) is 19.3 Å². The van der Waals surface area contributed by atoms with Crippen LogP contribution in [0.3, 0.4) is 0 Å². The Morgan fingerprint density at radius 1 is 0.833 bits per heavy atom. The quantitative estimate of drug-likeness (QED) is 0.203. The number of nitrogen functional groups attached to an aromatic ring is 1. The minimum absolute atomic E-state index is 0.0218. The maximum absolute atomic E-state index is 12.9. The van der Waals surface area contributed by atoms with E-state index in [0.717, 1.165) is 10.4 Å². The first-order valence-corrected chi connectivity index (χ1v) is 15.2. The van der Waals surface area contributed by atoms with Crippen LogP contribution in [-0.4, -0.2) is 49.3 Å². The molecule has 0 aliphatic carbocycles. The summed E-state index contributed by atoms with van der Waals surface area (Å²) in [7, 11) is -3.78. The molecule has 0 saturated heterocycles. The van der Waals surface area contributed by atoms with Crippen molar-refractivity contribution in [1.82, 2.24) is 23.9 Å². The highest BCUT2D eigenvalue weighted by Gasteiger charge is 2.21. The van der Waals surface area contributed by atoms with Gasteiger partial charge in [0.1, 0.15) is 9.75 Å². The van der Waals surface area contributed by atoms with Crippen LogP contribution in [0.5, 0.6) is 0 Å². The van der Waals surface area contributed by atoms with E-state index >= 15 is 0 Å². The average Bonchev–Trinajstić information content (AvgIpc) is 3.78. The zero-order valence-corrected chi connectivity index (χ0v) is 23.9. The lowest BCUT2D eigenvalue weighted by Crippen LogP contribution is -2.16. The Bertz CT molecular complexity index is 1940. The lowest BCUT2D eigenvalue weighted by Gasteiger charge is -2.05. The summed E-state index contributed by atoms with van der Waals surface area (Å²) in [5, 5.41) is 24.5. The summed E-state index contributed by atoms with van der Waals surface area (Å²) in [6.07, 6.45) is 7.33. The number of carbonyl (C=O) groups is 2. The number of primary sulfonamides is 1. The van der Waals surface area contributed by atoms with Gasteiger partial charge in [-0.2, -0.15) is 9.67 Å². The number of carbonyl (C=O) groups excluding carboxylic acids is 1. The van der Waals surface area contributed by atoms with E-state index in [0.29, 0.717) is 21.1 Å². The molecule has 0 radical (unpaired) electrons. The van der Waals surface area contributed by atoms with E-state index in [2.05, 4.69) is 15.4 Å². The van der Waals surface area contributed by atoms with E-state index in [1.807, 2.05) is 65.1 Å². The van der Waals surface area contributed by atoms with Crippen molar-refractivity contribution in [3.8, 4) is 11.4 Å². The summed E-state index contributed by atoms with van der Waals surface area (Å²) in [5.41, 5.74) is 7.83. The van der Waals surface area contributed by atoms with Gasteiger partial charge >= 0.3 is 5.97 Å². The number of thiophene rings is 2. The molecule has 0 aliphatic heterocycles. The first kappa shape index (κ1) is 28.5. The van der Waals surface area contributed by atoms with Gasteiger partial charge in [0.15, 0.2) is 0 Å². The number of hydrogen-bond acceptors (Lipinski definition) is 10. The zero-order valence-electron chi connectivity index (χ0n) is 21.4. The molecule has 13 nitrogen and oxygen atoms in total. The van der Waals surface area contributed by atoms with Gasteiger partial charge in [0.2, 0.25) is 21.9 Å². The summed E-state index contributed by atoms with van der Waals surface area (Å²) >= 11 is 2.51. The number of rotatable bonds is 7. The smallest absolute Gasteiger partial charge is 0.348 e. The molecule has 6 rings (SSSR count). The molecular formula is C26H22N8O5S3. The summed E-state index contributed by atoms with van der Waals surface area (Å²) < 4.78 is 27.3. The van der Waals surface area contributed by atoms with Crippen molar-refractivity contribution < 1.29 is 23.1 Å². The molecule has 5 aromatic heterocycles. The maximum atomic E-state index is 12.9. The second kappa shape index (κ2) is 11.8. The van der Waals surface area contributed by atoms with Gasteiger partial charge in [0.05, 0.1) is 16.3 Å². The van der Waals surface area contributed by atoms with Gasteiger partial charge in [0.25, 0.3) is 5.91 Å². The molecular weight excluding hydrogens is 601 g/mol. The number of hydrogen-bond donors (Lipinski definition) is 4. The highest BCUT2D eigenvalue weighted by atomic mass is 32.2. The third kappa shape index (κ3) is 6.16. The Labute approximate surface area is 247 Å². The molecule has 0 atom stereocenters. The highest BCUT2D eigenvalue weighted by molar-refractivity contribution is 7.89. The molecule has 0 fully saturated rings. The Hall–Kier alpha value is -5.03. The van der Waals surface area contributed by atoms with Gasteiger partial charge in [-0.25, -0.2) is 18.4 Å². The molecule has 0 saturated carbocycles. The number of carboxylic acids is 1. The van der Waals surface area contributed by atoms with Crippen molar-refractivity contribution in [2.75, 3.05) is 11.1 Å². The standard InChI is InChI=1S/C17H15N7O3S2.C9H7NO2S/c18-16-21-17(20-11-3-5-12(6-4-11)29(19,26)27)22-24(16)15(25)14-13(7-10-28-14)23-8-1-2-9-23;11-9(12)8-7(3-6-13-8)10-4-1-2-5-10/h1-10H,(H2,19,26,27)(H3,18,20,21,22);1-6H,(H,11,12). The molecule has 6 aromatic rings. The minimum atomic E-state index is -3.78. The number of aromatic nitrogens is 5. The van der Waals surface area contributed by atoms with Gasteiger partial charge in [-0.05, 0) is 71.4 Å². The van der Waals surface area contributed by atoms with Gasteiger partial charge in [0, 0.05) is 30.5 Å². The third-order valence-electron chi connectivity index (χ3n) is 5.71. The zero-order chi connectivity index (χ0) is 29.9. The predicted octanol–water partition coefficient (Wildman–Crippen LogP) is 4.03. The number of aromatic carboxylic acids is 1. The second-order valence-corrected chi connectivity index (χ2v) is 11.9. The van der Waals surface area contributed by atoms with E-state index in [4.69, 9.17) is 16.0 Å². The van der Waals surface area contributed by atoms with Crippen LogP contribution in [0.15, 0.2) is 101 Å². The van der Waals surface area contributed by atoms with E-state index in [1.165, 1.54) is 46.9 Å². The topological polar surface area (TPSA) is 193 Å². The van der Waals surface area contributed by atoms with Crippen LogP contribution < -0.4 is 16.2 Å². The largest absolute Gasteiger partial charge is 0.477 e.